The lowest BCUT2D eigenvalue weighted by Crippen LogP contribution is -2.37. The van der Waals surface area contributed by atoms with Crippen molar-refractivity contribution in [3.05, 3.63) is 35.0 Å². The highest BCUT2D eigenvalue weighted by Gasteiger charge is 2.34. The predicted octanol–water partition coefficient (Wildman–Crippen LogP) is 2.60. The van der Waals surface area contributed by atoms with Crippen LogP contribution < -0.4 is 10.6 Å². The zero-order chi connectivity index (χ0) is 17.0. The normalized spacial score (nSPS) is 16.6. The van der Waals surface area contributed by atoms with Crippen LogP contribution in [0.3, 0.4) is 0 Å². The van der Waals surface area contributed by atoms with Gasteiger partial charge in [-0.25, -0.2) is 9.59 Å². The zero-order valence-corrected chi connectivity index (χ0v) is 13.9. The van der Waals surface area contributed by atoms with Crippen molar-refractivity contribution in [1.82, 2.24) is 0 Å². The topological polar surface area (TPSA) is 76.7 Å². The summed E-state index contributed by atoms with van der Waals surface area (Å²) in [5, 5.41) is 6.28. The lowest BCUT2D eigenvalue weighted by Gasteiger charge is -2.19. The fraction of sp³-hybridized carbons (Fsp3) is 0.412. The number of benzene rings is 1. The van der Waals surface area contributed by atoms with E-state index in [2.05, 4.69) is 10.6 Å². The van der Waals surface area contributed by atoms with E-state index in [1.165, 1.54) is 0 Å². The Labute approximate surface area is 135 Å². The SMILES string of the molecule is CCOC(=O)C1=C(C)Nc2ccc(C)cc2NC1C(=O)OCC. The molecule has 0 spiro atoms. The molecule has 0 bridgehead atoms. The number of nitrogens with one attached hydrogen (secondary N) is 2. The number of carbonyl (C=O) groups is 2. The molecule has 1 heterocycles. The number of carbonyl (C=O) groups excluding carboxylic acids is 2. The third-order valence-electron chi connectivity index (χ3n) is 3.51. The molecular weight excluding hydrogens is 296 g/mol. The molecule has 0 saturated heterocycles. The Kier molecular flexibility index (Phi) is 5.26. The Bertz CT molecular complexity index is 652. The quantitative estimate of drug-likeness (QED) is 0.831. The van der Waals surface area contributed by atoms with Crippen molar-refractivity contribution >= 4 is 23.3 Å². The summed E-state index contributed by atoms with van der Waals surface area (Å²) in [5.74, 6) is -1.04. The van der Waals surface area contributed by atoms with E-state index in [1.807, 2.05) is 25.1 Å². The number of allylic oxidation sites excluding steroid dienone is 1. The molecule has 6 nitrogen and oxygen atoms in total. The number of fused-ring (bicyclic) bond motifs is 1. The Hall–Kier alpha value is -2.50. The van der Waals surface area contributed by atoms with E-state index in [-0.39, 0.29) is 18.8 Å². The first-order valence-corrected chi connectivity index (χ1v) is 7.66. The Morgan fingerprint density at radius 3 is 2.43 bits per heavy atom. The summed E-state index contributed by atoms with van der Waals surface area (Å²) in [4.78, 5) is 24.7. The number of ether oxygens (including phenoxy) is 2. The van der Waals surface area contributed by atoms with Crippen LogP contribution in [0.2, 0.25) is 0 Å². The van der Waals surface area contributed by atoms with Gasteiger partial charge in [0.15, 0.2) is 6.04 Å². The van der Waals surface area contributed by atoms with E-state index in [9.17, 15) is 9.59 Å². The molecule has 0 radical (unpaired) electrons. The fourth-order valence-electron chi connectivity index (χ4n) is 2.48. The molecular formula is C17H22N2O4. The lowest BCUT2D eigenvalue weighted by molar-refractivity contribution is -0.146. The van der Waals surface area contributed by atoms with Gasteiger partial charge in [0.2, 0.25) is 0 Å². The van der Waals surface area contributed by atoms with Gasteiger partial charge in [0.25, 0.3) is 0 Å². The average molecular weight is 318 g/mol. The van der Waals surface area contributed by atoms with E-state index >= 15 is 0 Å². The molecule has 0 aromatic heterocycles. The predicted molar refractivity (Wildman–Crippen MR) is 88.2 cm³/mol. The van der Waals surface area contributed by atoms with Gasteiger partial charge in [-0.1, -0.05) is 6.07 Å². The molecule has 1 unspecified atom stereocenters. The monoisotopic (exact) mass is 318 g/mol. The molecule has 2 N–H and O–H groups in total. The van der Waals surface area contributed by atoms with Crippen molar-refractivity contribution in [1.29, 1.82) is 0 Å². The first-order valence-electron chi connectivity index (χ1n) is 7.66. The van der Waals surface area contributed by atoms with Gasteiger partial charge in [-0.15, -0.1) is 0 Å². The lowest BCUT2D eigenvalue weighted by atomic mass is 10.1. The largest absolute Gasteiger partial charge is 0.464 e. The van der Waals surface area contributed by atoms with Gasteiger partial charge in [-0.3, -0.25) is 0 Å². The number of hydrogen-bond acceptors (Lipinski definition) is 6. The molecule has 0 aliphatic carbocycles. The molecule has 1 aromatic rings. The van der Waals surface area contributed by atoms with E-state index in [1.54, 1.807) is 20.8 Å². The fourth-order valence-corrected chi connectivity index (χ4v) is 2.48. The maximum absolute atomic E-state index is 12.4. The second-order valence-corrected chi connectivity index (χ2v) is 5.26. The van der Waals surface area contributed by atoms with Crippen LogP contribution in [-0.4, -0.2) is 31.2 Å². The van der Waals surface area contributed by atoms with Gasteiger partial charge >= 0.3 is 11.9 Å². The smallest absolute Gasteiger partial charge is 0.338 e. The summed E-state index contributed by atoms with van der Waals surface area (Å²) in [6.45, 7) is 7.62. The van der Waals surface area contributed by atoms with Gasteiger partial charge in [0, 0.05) is 5.70 Å². The number of esters is 2. The molecule has 1 aliphatic heterocycles. The van der Waals surface area contributed by atoms with Crippen molar-refractivity contribution in [2.45, 2.75) is 33.7 Å². The Balaban J connectivity index is 2.49. The minimum Gasteiger partial charge on any atom is -0.464 e. The minimum atomic E-state index is -0.912. The molecule has 124 valence electrons. The Morgan fingerprint density at radius 1 is 1.09 bits per heavy atom. The highest BCUT2D eigenvalue weighted by Crippen LogP contribution is 2.31. The highest BCUT2D eigenvalue weighted by atomic mass is 16.5. The summed E-state index contributed by atoms with van der Waals surface area (Å²) < 4.78 is 10.2. The van der Waals surface area contributed by atoms with Crippen molar-refractivity contribution < 1.29 is 19.1 Å². The third kappa shape index (κ3) is 3.64. The van der Waals surface area contributed by atoms with E-state index in [0.717, 1.165) is 16.9 Å². The number of aryl methyl sites for hydroxylation is 1. The molecule has 0 saturated carbocycles. The minimum absolute atomic E-state index is 0.233. The van der Waals surface area contributed by atoms with Gasteiger partial charge in [-0.2, -0.15) is 0 Å². The summed E-state index contributed by atoms with van der Waals surface area (Å²) in [6, 6.07) is 4.85. The van der Waals surface area contributed by atoms with Crippen LogP contribution >= 0.6 is 0 Å². The second-order valence-electron chi connectivity index (χ2n) is 5.26. The van der Waals surface area contributed by atoms with Gasteiger partial charge < -0.3 is 20.1 Å². The molecule has 0 fully saturated rings. The van der Waals surface area contributed by atoms with Gasteiger partial charge in [0.1, 0.15) is 0 Å². The van der Waals surface area contributed by atoms with E-state index in [0.29, 0.717) is 5.70 Å². The van der Waals surface area contributed by atoms with Crippen LogP contribution in [0.1, 0.15) is 26.3 Å². The van der Waals surface area contributed by atoms with Crippen molar-refractivity contribution in [3.8, 4) is 0 Å². The van der Waals surface area contributed by atoms with Gasteiger partial charge in [-0.05, 0) is 45.4 Å². The molecule has 2 rings (SSSR count). The Morgan fingerprint density at radius 2 is 1.78 bits per heavy atom. The van der Waals surface area contributed by atoms with E-state index < -0.39 is 18.0 Å². The number of hydrogen-bond donors (Lipinski definition) is 2. The van der Waals surface area contributed by atoms with Crippen LogP contribution in [0.5, 0.6) is 0 Å². The maximum atomic E-state index is 12.4. The second kappa shape index (κ2) is 7.17. The summed E-state index contributed by atoms with van der Waals surface area (Å²) in [6.07, 6.45) is 0. The molecule has 0 amide bonds. The first kappa shape index (κ1) is 16.9. The van der Waals surface area contributed by atoms with Crippen LogP contribution in [-0.2, 0) is 19.1 Å². The summed E-state index contributed by atoms with van der Waals surface area (Å²) in [7, 11) is 0. The van der Waals surface area contributed by atoms with Crippen LogP contribution in [0.4, 0.5) is 11.4 Å². The van der Waals surface area contributed by atoms with Crippen molar-refractivity contribution in [2.75, 3.05) is 23.8 Å². The number of anilines is 2. The van der Waals surface area contributed by atoms with Crippen molar-refractivity contribution in [2.24, 2.45) is 0 Å². The van der Waals surface area contributed by atoms with Crippen LogP contribution in [0, 0.1) is 6.92 Å². The molecule has 6 heteroatoms. The maximum Gasteiger partial charge on any atom is 0.338 e. The van der Waals surface area contributed by atoms with Crippen LogP contribution in [0.15, 0.2) is 29.5 Å². The highest BCUT2D eigenvalue weighted by molar-refractivity contribution is 6.02. The summed E-state index contributed by atoms with van der Waals surface area (Å²) in [5.41, 5.74) is 3.37. The van der Waals surface area contributed by atoms with Crippen LogP contribution in [0.25, 0.3) is 0 Å². The van der Waals surface area contributed by atoms with E-state index in [4.69, 9.17) is 9.47 Å². The van der Waals surface area contributed by atoms with Gasteiger partial charge in [0.05, 0.1) is 30.2 Å². The number of rotatable bonds is 4. The third-order valence-corrected chi connectivity index (χ3v) is 3.51. The average Bonchev–Trinajstić information content (AvgIpc) is 2.63. The summed E-state index contributed by atoms with van der Waals surface area (Å²) >= 11 is 0. The molecule has 1 aromatic carbocycles. The molecule has 1 aliphatic rings. The molecule has 23 heavy (non-hydrogen) atoms. The zero-order valence-electron chi connectivity index (χ0n) is 13.9. The van der Waals surface area contributed by atoms with Crippen molar-refractivity contribution in [3.63, 3.8) is 0 Å². The first-order chi connectivity index (χ1) is 11.0. The standard InChI is InChI=1S/C17H22N2O4/c1-5-22-16(20)14-11(4)18-12-8-7-10(3)9-13(12)19-15(14)17(21)23-6-2/h7-9,15,18-19H,5-6H2,1-4H3. The molecule has 1 atom stereocenters.